The summed E-state index contributed by atoms with van der Waals surface area (Å²) >= 11 is 0. The number of nitrogens with two attached hydrogens (primary N) is 1. The van der Waals surface area contributed by atoms with Crippen molar-refractivity contribution < 1.29 is 9.15 Å². The maximum absolute atomic E-state index is 5.87. The number of nitrogen functional groups attached to an aromatic ring is 1. The molecule has 0 bridgehead atoms. The largest absolute Gasteiger partial charge is 0.409 e. The number of aryl methyl sites for hydroxylation is 1. The number of anilines is 1. The summed E-state index contributed by atoms with van der Waals surface area (Å²) in [5.74, 6) is 0.548. The molecule has 2 N–H and O–H groups in total. The molecule has 0 aliphatic rings. The number of para-hydroxylation sites is 2. The molecule has 0 fully saturated rings. The minimum Gasteiger partial charge on any atom is -0.409 e. The van der Waals surface area contributed by atoms with Crippen LogP contribution in [0, 0.1) is 6.92 Å². The first-order chi connectivity index (χ1) is 8.72. The summed E-state index contributed by atoms with van der Waals surface area (Å²) in [7, 11) is 0. The molecule has 0 radical (unpaired) electrons. The Morgan fingerprint density at radius 1 is 1.17 bits per heavy atom. The summed E-state index contributed by atoms with van der Waals surface area (Å²) in [4.78, 5) is 4.23. The van der Waals surface area contributed by atoms with Gasteiger partial charge >= 0.3 is 6.08 Å². The Kier molecular flexibility index (Phi) is 2.41. The molecular formula is C14H12N2O2. The smallest absolute Gasteiger partial charge is 0.400 e. The zero-order valence-electron chi connectivity index (χ0n) is 9.88. The molecule has 90 valence electrons. The van der Waals surface area contributed by atoms with E-state index in [4.69, 9.17) is 14.9 Å². The molecule has 0 saturated carbocycles. The fourth-order valence-electron chi connectivity index (χ4n) is 1.75. The van der Waals surface area contributed by atoms with Gasteiger partial charge in [0.25, 0.3) is 0 Å². The normalized spacial score (nSPS) is 10.7. The highest BCUT2D eigenvalue weighted by atomic mass is 16.6. The van der Waals surface area contributed by atoms with Crippen LogP contribution < -0.4 is 10.5 Å². The van der Waals surface area contributed by atoms with Gasteiger partial charge in [0.05, 0.1) is 5.69 Å². The second-order valence-corrected chi connectivity index (χ2v) is 4.09. The van der Waals surface area contributed by atoms with Crippen LogP contribution in [-0.4, -0.2) is 4.98 Å². The third-order valence-corrected chi connectivity index (χ3v) is 2.64. The number of fused-ring (bicyclic) bond motifs is 1. The molecule has 1 aromatic heterocycles. The quantitative estimate of drug-likeness (QED) is 0.696. The molecule has 0 spiro atoms. The first-order valence-corrected chi connectivity index (χ1v) is 5.62. The zero-order chi connectivity index (χ0) is 12.5. The summed E-state index contributed by atoms with van der Waals surface area (Å²) in [5.41, 5.74) is 8.97. The number of rotatable bonds is 2. The first kappa shape index (κ1) is 10.7. The molecule has 4 nitrogen and oxygen atoms in total. The summed E-state index contributed by atoms with van der Waals surface area (Å²) in [5, 5.41) is 0. The summed E-state index contributed by atoms with van der Waals surface area (Å²) in [6.45, 7) is 1.97. The van der Waals surface area contributed by atoms with Crippen molar-refractivity contribution in [3.05, 3.63) is 48.0 Å². The Labute approximate surface area is 104 Å². The van der Waals surface area contributed by atoms with Gasteiger partial charge in [0.1, 0.15) is 5.52 Å². The molecule has 1 heterocycles. The van der Waals surface area contributed by atoms with Gasteiger partial charge in [-0.15, -0.1) is 0 Å². The van der Waals surface area contributed by atoms with Crippen molar-refractivity contribution in [1.29, 1.82) is 0 Å². The second kappa shape index (κ2) is 4.07. The molecule has 3 rings (SSSR count). The van der Waals surface area contributed by atoms with Gasteiger partial charge in [-0.05, 0) is 36.8 Å². The molecule has 2 aromatic carbocycles. The lowest BCUT2D eigenvalue weighted by Gasteiger charge is -2.04. The van der Waals surface area contributed by atoms with E-state index in [1.54, 1.807) is 6.07 Å². The average molecular weight is 240 g/mol. The number of hydrogen-bond acceptors (Lipinski definition) is 4. The van der Waals surface area contributed by atoms with E-state index < -0.39 is 0 Å². The fraction of sp³-hybridized carbons (Fsp3) is 0.0714. The zero-order valence-corrected chi connectivity index (χ0v) is 9.88. The molecule has 0 unspecified atom stereocenters. The highest BCUT2D eigenvalue weighted by molar-refractivity contribution is 5.72. The van der Waals surface area contributed by atoms with E-state index in [0.29, 0.717) is 17.0 Å². The highest BCUT2D eigenvalue weighted by Crippen LogP contribution is 2.29. The molecular weight excluding hydrogens is 228 g/mol. The van der Waals surface area contributed by atoms with Crippen molar-refractivity contribution in [2.24, 2.45) is 0 Å². The number of benzene rings is 2. The Hall–Kier alpha value is -2.49. The lowest BCUT2D eigenvalue weighted by molar-refractivity contribution is 0.344. The van der Waals surface area contributed by atoms with Crippen LogP contribution in [0.5, 0.6) is 11.8 Å². The van der Waals surface area contributed by atoms with Crippen LogP contribution in [0.25, 0.3) is 11.1 Å². The van der Waals surface area contributed by atoms with Crippen LogP contribution in [0.15, 0.2) is 46.9 Å². The summed E-state index contributed by atoms with van der Waals surface area (Å²) in [6, 6.07) is 13.1. The molecule has 0 atom stereocenters. The summed E-state index contributed by atoms with van der Waals surface area (Å²) < 4.78 is 11.0. The molecule has 0 aliphatic carbocycles. The fourth-order valence-corrected chi connectivity index (χ4v) is 1.75. The molecule has 0 aliphatic heterocycles. The number of oxazole rings is 1. The number of hydrogen-bond donors (Lipinski definition) is 1. The molecule has 0 amide bonds. The minimum atomic E-state index is 0.201. The van der Waals surface area contributed by atoms with E-state index in [1.165, 1.54) is 0 Å². The second-order valence-electron chi connectivity index (χ2n) is 4.09. The highest BCUT2D eigenvalue weighted by Gasteiger charge is 2.09. The van der Waals surface area contributed by atoms with Gasteiger partial charge in [-0.3, -0.25) is 0 Å². The van der Waals surface area contributed by atoms with Gasteiger partial charge in [0, 0.05) is 0 Å². The van der Waals surface area contributed by atoms with Crippen molar-refractivity contribution in [2.45, 2.75) is 6.92 Å². The number of ether oxygens (including phenoxy) is 1. The van der Waals surface area contributed by atoms with E-state index >= 15 is 0 Å². The van der Waals surface area contributed by atoms with E-state index in [1.807, 2.05) is 43.3 Å². The molecule has 18 heavy (non-hydrogen) atoms. The Morgan fingerprint density at radius 2 is 2.00 bits per heavy atom. The minimum absolute atomic E-state index is 0.201. The van der Waals surface area contributed by atoms with Gasteiger partial charge in [0.15, 0.2) is 11.3 Å². The van der Waals surface area contributed by atoms with Crippen molar-refractivity contribution in [1.82, 2.24) is 4.98 Å². The lowest BCUT2D eigenvalue weighted by atomic mass is 10.2. The van der Waals surface area contributed by atoms with E-state index in [0.717, 1.165) is 11.1 Å². The average Bonchev–Trinajstić information content (AvgIpc) is 2.75. The van der Waals surface area contributed by atoms with Gasteiger partial charge in [-0.1, -0.05) is 18.2 Å². The Morgan fingerprint density at radius 3 is 2.78 bits per heavy atom. The predicted molar refractivity (Wildman–Crippen MR) is 69.7 cm³/mol. The van der Waals surface area contributed by atoms with Gasteiger partial charge in [-0.2, -0.15) is 4.98 Å². The topological polar surface area (TPSA) is 61.3 Å². The Balaban J connectivity index is 1.96. The molecule has 0 saturated heterocycles. The van der Waals surface area contributed by atoms with Crippen LogP contribution in [-0.2, 0) is 0 Å². The van der Waals surface area contributed by atoms with Crippen LogP contribution in [0.2, 0.25) is 0 Å². The maximum Gasteiger partial charge on any atom is 0.400 e. The third kappa shape index (κ3) is 1.88. The Bertz CT molecular complexity index is 671. The van der Waals surface area contributed by atoms with Gasteiger partial charge in [0.2, 0.25) is 0 Å². The molecule has 4 heteroatoms. The monoisotopic (exact) mass is 240 g/mol. The van der Waals surface area contributed by atoms with E-state index in [2.05, 4.69) is 4.98 Å². The van der Waals surface area contributed by atoms with Gasteiger partial charge in [-0.25, -0.2) is 0 Å². The van der Waals surface area contributed by atoms with Crippen molar-refractivity contribution in [3.8, 4) is 11.8 Å². The van der Waals surface area contributed by atoms with Gasteiger partial charge < -0.3 is 14.9 Å². The van der Waals surface area contributed by atoms with Crippen molar-refractivity contribution >= 4 is 16.8 Å². The number of aromatic nitrogens is 1. The molecule has 3 aromatic rings. The van der Waals surface area contributed by atoms with Crippen LogP contribution in [0.3, 0.4) is 0 Å². The van der Waals surface area contributed by atoms with Crippen LogP contribution in [0.1, 0.15) is 5.56 Å². The predicted octanol–water partition coefficient (Wildman–Crippen LogP) is 3.51. The van der Waals surface area contributed by atoms with E-state index in [-0.39, 0.29) is 6.08 Å². The van der Waals surface area contributed by atoms with Crippen LogP contribution in [0.4, 0.5) is 5.69 Å². The summed E-state index contributed by atoms with van der Waals surface area (Å²) in [6.07, 6.45) is 0.201. The number of nitrogens with zero attached hydrogens (tertiary/aromatic N) is 1. The van der Waals surface area contributed by atoms with Crippen molar-refractivity contribution in [2.75, 3.05) is 5.73 Å². The first-order valence-electron chi connectivity index (χ1n) is 5.62. The SMILES string of the molecule is Cc1ccc(Oc2nc3ccccc3o2)c(N)c1. The maximum atomic E-state index is 5.87. The lowest BCUT2D eigenvalue weighted by Crippen LogP contribution is -1.92. The third-order valence-electron chi connectivity index (χ3n) is 2.64. The van der Waals surface area contributed by atoms with Crippen molar-refractivity contribution in [3.63, 3.8) is 0 Å². The standard InChI is InChI=1S/C14H12N2O2/c1-9-6-7-12(10(15)8-9)17-14-16-11-4-2-3-5-13(11)18-14/h2-8H,15H2,1H3. The van der Waals surface area contributed by atoms with Crippen LogP contribution >= 0.6 is 0 Å². The van der Waals surface area contributed by atoms with E-state index in [9.17, 15) is 0 Å².